The molecular formula is C9H9Cl3N2O. The fourth-order valence-electron chi connectivity index (χ4n) is 1.39. The van der Waals surface area contributed by atoms with Gasteiger partial charge in [-0.2, -0.15) is 0 Å². The number of pyridine rings is 1. The normalized spacial score (nSPS) is 20.6. The number of hydrogen-bond donors (Lipinski definition) is 1. The van der Waals surface area contributed by atoms with Gasteiger partial charge in [0.2, 0.25) is 0 Å². The van der Waals surface area contributed by atoms with Crippen LogP contribution < -0.4 is 5.32 Å². The van der Waals surface area contributed by atoms with E-state index < -0.39 is 0 Å². The Morgan fingerprint density at radius 1 is 1.33 bits per heavy atom. The second-order valence-electron chi connectivity index (χ2n) is 3.30. The number of aromatic nitrogens is 1. The van der Waals surface area contributed by atoms with Crippen molar-refractivity contribution in [3.8, 4) is 0 Å². The van der Waals surface area contributed by atoms with Gasteiger partial charge in [0, 0.05) is 6.61 Å². The summed E-state index contributed by atoms with van der Waals surface area (Å²) in [4.78, 5) is 4.07. The van der Waals surface area contributed by atoms with E-state index in [9.17, 15) is 0 Å². The van der Waals surface area contributed by atoms with Crippen LogP contribution >= 0.6 is 34.8 Å². The molecule has 82 valence electrons. The number of halogens is 3. The molecule has 2 rings (SSSR count). The lowest BCUT2D eigenvalue weighted by molar-refractivity contribution is 0.195. The molecule has 1 atom stereocenters. The molecule has 0 aromatic carbocycles. The van der Waals surface area contributed by atoms with Crippen LogP contribution in [-0.4, -0.2) is 24.2 Å². The second-order valence-corrected chi connectivity index (χ2v) is 4.47. The summed E-state index contributed by atoms with van der Waals surface area (Å²) in [5, 5.41) is 4.24. The third-order valence-corrected chi connectivity index (χ3v) is 3.12. The molecule has 15 heavy (non-hydrogen) atoms. The first kappa shape index (κ1) is 11.3. The third-order valence-electron chi connectivity index (χ3n) is 2.16. The number of rotatable bonds is 2. The number of anilines is 1. The van der Waals surface area contributed by atoms with Gasteiger partial charge in [-0.25, -0.2) is 4.98 Å². The second kappa shape index (κ2) is 4.74. The smallest absolute Gasteiger partial charge is 0.150 e. The van der Waals surface area contributed by atoms with Crippen molar-refractivity contribution in [3.63, 3.8) is 0 Å². The Morgan fingerprint density at radius 2 is 2.13 bits per heavy atom. The van der Waals surface area contributed by atoms with E-state index in [0.29, 0.717) is 22.5 Å². The molecule has 1 aromatic rings. The molecular weight excluding hydrogens is 258 g/mol. The molecule has 0 radical (unpaired) electrons. The number of nitrogens with one attached hydrogen (secondary N) is 1. The lowest BCUT2D eigenvalue weighted by Crippen LogP contribution is -2.19. The topological polar surface area (TPSA) is 34.1 Å². The van der Waals surface area contributed by atoms with Crippen LogP contribution in [0.3, 0.4) is 0 Å². The Kier molecular flexibility index (Phi) is 3.57. The van der Waals surface area contributed by atoms with Gasteiger partial charge in [0.05, 0.1) is 22.7 Å². The van der Waals surface area contributed by atoms with E-state index in [1.165, 1.54) is 0 Å². The first-order valence-electron chi connectivity index (χ1n) is 4.52. The molecule has 6 heteroatoms. The first-order valence-corrected chi connectivity index (χ1v) is 5.66. The van der Waals surface area contributed by atoms with E-state index >= 15 is 0 Å². The lowest BCUT2D eigenvalue weighted by atomic mass is 10.2. The fraction of sp³-hybridized carbons (Fsp3) is 0.444. The average molecular weight is 268 g/mol. The minimum absolute atomic E-state index is 0.243. The highest BCUT2D eigenvalue weighted by molar-refractivity contribution is 6.42. The molecule has 1 unspecified atom stereocenters. The highest BCUT2D eigenvalue weighted by atomic mass is 35.5. The minimum atomic E-state index is 0.243. The lowest BCUT2D eigenvalue weighted by Gasteiger charge is -2.13. The predicted octanol–water partition coefficient (Wildman–Crippen LogP) is 3.24. The van der Waals surface area contributed by atoms with Crippen molar-refractivity contribution in [2.45, 2.75) is 12.5 Å². The highest BCUT2D eigenvalue weighted by Crippen LogP contribution is 2.29. The Morgan fingerprint density at radius 3 is 2.80 bits per heavy atom. The van der Waals surface area contributed by atoms with Gasteiger partial charge < -0.3 is 10.1 Å². The molecule has 0 aliphatic carbocycles. The number of ether oxygens (including phenoxy) is 1. The zero-order valence-electron chi connectivity index (χ0n) is 7.77. The van der Waals surface area contributed by atoms with Crippen molar-refractivity contribution < 1.29 is 4.74 Å². The maximum Gasteiger partial charge on any atom is 0.150 e. The summed E-state index contributed by atoms with van der Waals surface area (Å²) < 4.78 is 5.23. The summed E-state index contributed by atoms with van der Waals surface area (Å²) in [5.74, 6) is 0.557. The molecule has 0 bridgehead atoms. The van der Waals surface area contributed by atoms with Crippen molar-refractivity contribution in [2.75, 3.05) is 18.5 Å². The monoisotopic (exact) mass is 266 g/mol. The van der Waals surface area contributed by atoms with Gasteiger partial charge in [-0.05, 0) is 12.5 Å². The molecule has 1 saturated heterocycles. The summed E-state index contributed by atoms with van der Waals surface area (Å²) in [6, 6.07) is 1.82. The summed E-state index contributed by atoms with van der Waals surface area (Å²) in [6.07, 6.45) is 0.943. The van der Waals surface area contributed by atoms with E-state index in [4.69, 9.17) is 39.5 Å². The van der Waals surface area contributed by atoms with Gasteiger partial charge in [0.15, 0.2) is 0 Å². The molecule has 1 aliphatic rings. The van der Waals surface area contributed by atoms with Crippen LogP contribution in [0.4, 0.5) is 5.82 Å². The molecule has 1 aromatic heterocycles. The van der Waals surface area contributed by atoms with E-state index in [1.807, 2.05) is 0 Å². The Bertz CT molecular complexity index is 367. The summed E-state index contributed by atoms with van der Waals surface area (Å²) in [6.45, 7) is 1.43. The van der Waals surface area contributed by atoms with Gasteiger partial charge in [-0.1, -0.05) is 34.8 Å². The number of nitrogens with zero attached hydrogens (tertiary/aromatic N) is 1. The SMILES string of the molecule is Clc1cc(Cl)c(NC2CCOC2)nc1Cl. The number of hydrogen-bond acceptors (Lipinski definition) is 3. The van der Waals surface area contributed by atoms with Gasteiger partial charge in [-0.3, -0.25) is 0 Å². The van der Waals surface area contributed by atoms with E-state index in [0.717, 1.165) is 13.0 Å². The molecule has 0 saturated carbocycles. The van der Waals surface area contributed by atoms with E-state index in [1.54, 1.807) is 6.07 Å². The minimum Gasteiger partial charge on any atom is -0.379 e. The standard InChI is InChI=1S/C9H9Cl3N2O/c10-6-3-7(11)9(14-8(6)12)13-5-1-2-15-4-5/h3,5H,1-2,4H2,(H,13,14). The van der Waals surface area contributed by atoms with Gasteiger partial charge in [0.1, 0.15) is 11.0 Å². The van der Waals surface area contributed by atoms with Crippen LogP contribution in [-0.2, 0) is 4.74 Å². The van der Waals surface area contributed by atoms with Crippen molar-refractivity contribution >= 4 is 40.6 Å². The summed E-state index contributed by atoms with van der Waals surface area (Å²) >= 11 is 17.5. The van der Waals surface area contributed by atoms with E-state index in [2.05, 4.69) is 10.3 Å². The van der Waals surface area contributed by atoms with Crippen molar-refractivity contribution in [1.29, 1.82) is 0 Å². The van der Waals surface area contributed by atoms with Gasteiger partial charge in [-0.15, -0.1) is 0 Å². The molecule has 0 spiro atoms. The average Bonchev–Trinajstić information content (AvgIpc) is 2.67. The van der Waals surface area contributed by atoms with Crippen LogP contribution in [0.15, 0.2) is 6.07 Å². The van der Waals surface area contributed by atoms with Crippen molar-refractivity contribution in [2.24, 2.45) is 0 Å². The molecule has 3 nitrogen and oxygen atoms in total. The fourth-order valence-corrected chi connectivity index (χ4v) is 1.94. The summed E-state index contributed by atoms with van der Waals surface area (Å²) in [7, 11) is 0. The van der Waals surface area contributed by atoms with Crippen LogP contribution in [0.2, 0.25) is 15.2 Å². The van der Waals surface area contributed by atoms with E-state index in [-0.39, 0.29) is 11.2 Å². The zero-order chi connectivity index (χ0) is 10.8. The first-order chi connectivity index (χ1) is 7.16. The Balaban J connectivity index is 2.16. The molecule has 2 heterocycles. The molecule has 1 fully saturated rings. The highest BCUT2D eigenvalue weighted by Gasteiger charge is 2.17. The quantitative estimate of drug-likeness (QED) is 0.835. The largest absolute Gasteiger partial charge is 0.379 e. The van der Waals surface area contributed by atoms with Crippen LogP contribution in [0.25, 0.3) is 0 Å². The molecule has 1 aliphatic heterocycles. The van der Waals surface area contributed by atoms with Gasteiger partial charge >= 0.3 is 0 Å². The van der Waals surface area contributed by atoms with Crippen molar-refractivity contribution in [1.82, 2.24) is 4.98 Å². The maximum absolute atomic E-state index is 5.97. The third kappa shape index (κ3) is 2.67. The maximum atomic E-state index is 5.97. The van der Waals surface area contributed by atoms with Crippen LogP contribution in [0.1, 0.15) is 6.42 Å². The molecule has 0 amide bonds. The Labute approximate surface area is 103 Å². The van der Waals surface area contributed by atoms with Crippen LogP contribution in [0.5, 0.6) is 0 Å². The van der Waals surface area contributed by atoms with Crippen LogP contribution in [0, 0.1) is 0 Å². The van der Waals surface area contributed by atoms with Gasteiger partial charge in [0.25, 0.3) is 0 Å². The predicted molar refractivity (Wildman–Crippen MR) is 62.1 cm³/mol. The zero-order valence-corrected chi connectivity index (χ0v) is 10.0. The Hall–Kier alpha value is -0.220. The molecule has 1 N–H and O–H groups in total. The summed E-state index contributed by atoms with van der Waals surface area (Å²) in [5.41, 5.74) is 0. The van der Waals surface area contributed by atoms with Crippen molar-refractivity contribution in [3.05, 3.63) is 21.3 Å².